The molecule has 0 N–H and O–H groups in total. The lowest BCUT2D eigenvalue weighted by Crippen LogP contribution is -2.39. The van der Waals surface area contributed by atoms with E-state index in [4.69, 9.17) is 14.2 Å². The first kappa shape index (κ1) is 22.5. The van der Waals surface area contributed by atoms with Crippen LogP contribution < -0.4 is 0 Å². The van der Waals surface area contributed by atoms with Crippen molar-refractivity contribution in [3.8, 4) is 0 Å². The molecule has 0 aromatic carbocycles. The molecule has 2 aliphatic heterocycles. The van der Waals surface area contributed by atoms with Gasteiger partial charge in [0.15, 0.2) is 11.9 Å². The van der Waals surface area contributed by atoms with Crippen molar-refractivity contribution in [2.24, 2.45) is 23.2 Å². The van der Waals surface area contributed by atoms with Crippen LogP contribution in [-0.2, 0) is 19.0 Å². The van der Waals surface area contributed by atoms with Crippen molar-refractivity contribution in [1.29, 1.82) is 0 Å². The van der Waals surface area contributed by atoms with Gasteiger partial charge in [0, 0.05) is 13.0 Å². The number of cyclic esters (lactones) is 1. The van der Waals surface area contributed by atoms with Gasteiger partial charge in [-0.2, -0.15) is 0 Å². The van der Waals surface area contributed by atoms with Crippen LogP contribution in [0.25, 0.3) is 0 Å². The molecule has 0 bridgehead atoms. The predicted molar refractivity (Wildman–Crippen MR) is 121 cm³/mol. The third-order valence-corrected chi connectivity index (χ3v) is 8.88. The average molecular weight is 481 g/mol. The van der Waals surface area contributed by atoms with Gasteiger partial charge in [0.1, 0.15) is 5.76 Å². The molecule has 4 aliphatic rings. The van der Waals surface area contributed by atoms with Gasteiger partial charge >= 0.3 is 5.97 Å². The minimum Gasteiger partial charge on any atom is -0.429 e. The molecule has 0 aromatic rings. The Balaban J connectivity index is 1.36. The van der Waals surface area contributed by atoms with Crippen LogP contribution in [0.2, 0.25) is 0 Å². The molecule has 2 aliphatic carbocycles. The number of allylic oxidation sites excluding steroid dienone is 2. The van der Waals surface area contributed by atoms with E-state index in [9.17, 15) is 4.79 Å². The number of hydrogen-bond donors (Lipinski definition) is 0. The summed E-state index contributed by atoms with van der Waals surface area (Å²) in [6.45, 7) is 7.43. The Morgan fingerprint density at radius 2 is 2.10 bits per heavy atom. The number of fused-ring (bicyclic) bond motifs is 1. The molecule has 0 amide bonds. The van der Waals surface area contributed by atoms with E-state index in [1.165, 1.54) is 32.1 Å². The summed E-state index contributed by atoms with van der Waals surface area (Å²) in [6.07, 6.45) is 12.9. The molecule has 2 unspecified atom stereocenters. The fraction of sp³-hybridized carbons (Fsp3) is 0.800. The monoisotopic (exact) mass is 480 g/mol. The second kappa shape index (κ2) is 9.07. The summed E-state index contributed by atoms with van der Waals surface area (Å²) in [5.41, 5.74) is 1.02. The Hall–Kier alpha value is -0.650. The molecule has 5 heteroatoms. The summed E-state index contributed by atoms with van der Waals surface area (Å²) < 4.78 is 17.3. The maximum absolute atomic E-state index is 12.5. The van der Waals surface area contributed by atoms with Gasteiger partial charge in [-0.15, -0.1) is 0 Å². The van der Waals surface area contributed by atoms with Gasteiger partial charge < -0.3 is 14.2 Å². The molecule has 2 saturated carbocycles. The van der Waals surface area contributed by atoms with Gasteiger partial charge in [0.05, 0.1) is 0 Å². The topological polar surface area (TPSA) is 44.8 Å². The van der Waals surface area contributed by atoms with Crippen LogP contribution in [-0.4, -0.2) is 24.5 Å². The van der Waals surface area contributed by atoms with E-state index in [-0.39, 0.29) is 12.3 Å². The zero-order valence-corrected chi connectivity index (χ0v) is 20.3. The van der Waals surface area contributed by atoms with E-state index in [1.807, 2.05) is 13.0 Å². The van der Waals surface area contributed by atoms with Crippen molar-refractivity contribution >= 4 is 21.9 Å². The fourth-order valence-corrected chi connectivity index (χ4v) is 7.16. The Labute approximate surface area is 189 Å². The SMILES string of the molecule is C[C@H](CCC1=C[C@](C)(OC2CCCCO2)C(=O)O1)[C@H]1CCC2C(=CBr)CCC[C@@]21C. The maximum atomic E-state index is 12.5. The first-order valence-electron chi connectivity index (χ1n) is 11.9. The van der Waals surface area contributed by atoms with Crippen LogP contribution in [0.3, 0.4) is 0 Å². The lowest BCUT2D eigenvalue weighted by atomic mass is 9.61. The minimum absolute atomic E-state index is 0.299. The molecule has 2 heterocycles. The first-order chi connectivity index (χ1) is 14.4. The van der Waals surface area contributed by atoms with Crippen LogP contribution in [0.15, 0.2) is 22.4 Å². The fourth-order valence-electron chi connectivity index (χ4n) is 6.61. The molecule has 4 rings (SSSR count). The number of carbonyl (C=O) groups excluding carboxylic acids is 1. The highest BCUT2D eigenvalue weighted by atomic mass is 79.9. The zero-order valence-electron chi connectivity index (χ0n) is 18.8. The van der Waals surface area contributed by atoms with E-state index >= 15 is 0 Å². The van der Waals surface area contributed by atoms with Gasteiger partial charge in [-0.3, -0.25) is 0 Å². The van der Waals surface area contributed by atoms with Gasteiger partial charge in [-0.25, -0.2) is 4.79 Å². The molecule has 1 saturated heterocycles. The predicted octanol–water partition coefficient (Wildman–Crippen LogP) is 6.64. The highest BCUT2D eigenvalue weighted by molar-refractivity contribution is 9.11. The van der Waals surface area contributed by atoms with E-state index in [0.29, 0.717) is 17.9 Å². The zero-order chi connectivity index (χ0) is 21.4. The van der Waals surface area contributed by atoms with Crippen molar-refractivity contribution in [3.05, 3.63) is 22.4 Å². The average Bonchev–Trinajstić information content (AvgIpc) is 3.22. The first-order valence-corrected chi connectivity index (χ1v) is 12.8. The van der Waals surface area contributed by atoms with E-state index in [0.717, 1.165) is 49.7 Å². The Bertz CT molecular complexity index is 710. The Morgan fingerprint density at radius 1 is 1.27 bits per heavy atom. The number of halogens is 1. The second-order valence-electron chi connectivity index (χ2n) is 10.3. The van der Waals surface area contributed by atoms with Crippen LogP contribution in [0, 0.1) is 23.2 Å². The van der Waals surface area contributed by atoms with Crippen LogP contribution in [0.1, 0.15) is 85.0 Å². The number of hydrogen-bond acceptors (Lipinski definition) is 4. The minimum atomic E-state index is -1.01. The van der Waals surface area contributed by atoms with Gasteiger partial charge in [-0.1, -0.05) is 35.4 Å². The van der Waals surface area contributed by atoms with Gasteiger partial charge in [-0.05, 0) is 98.9 Å². The number of esters is 1. The smallest absolute Gasteiger partial charge is 0.347 e. The maximum Gasteiger partial charge on any atom is 0.347 e. The lowest BCUT2D eigenvalue weighted by Gasteiger charge is -2.44. The summed E-state index contributed by atoms with van der Waals surface area (Å²) in [5, 5.41) is 0. The molecule has 168 valence electrons. The van der Waals surface area contributed by atoms with E-state index in [1.54, 1.807) is 5.57 Å². The molecule has 3 fully saturated rings. The third-order valence-electron chi connectivity index (χ3n) is 8.29. The summed E-state index contributed by atoms with van der Waals surface area (Å²) in [7, 11) is 0. The van der Waals surface area contributed by atoms with Gasteiger partial charge in [0.2, 0.25) is 0 Å². The molecular formula is C25H37BrO4. The molecule has 30 heavy (non-hydrogen) atoms. The lowest BCUT2D eigenvalue weighted by molar-refractivity contribution is -0.212. The Morgan fingerprint density at radius 3 is 2.83 bits per heavy atom. The molecular weight excluding hydrogens is 444 g/mol. The van der Waals surface area contributed by atoms with Gasteiger partial charge in [0.25, 0.3) is 0 Å². The van der Waals surface area contributed by atoms with Crippen LogP contribution >= 0.6 is 15.9 Å². The summed E-state index contributed by atoms with van der Waals surface area (Å²) in [6, 6.07) is 0. The number of rotatable bonds is 6. The summed E-state index contributed by atoms with van der Waals surface area (Å²) >= 11 is 3.62. The van der Waals surface area contributed by atoms with Crippen molar-refractivity contribution in [2.45, 2.75) is 96.9 Å². The normalized spacial score (nSPS) is 41.5. The molecule has 4 nitrogen and oxygen atoms in total. The van der Waals surface area contributed by atoms with E-state index in [2.05, 4.69) is 34.8 Å². The summed E-state index contributed by atoms with van der Waals surface area (Å²) in [5.74, 6) is 2.56. The Kier molecular flexibility index (Phi) is 6.82. The molecule has 0 spiro atoms. The van der Waals surface area contributed by atoms with E-state index < -0.39 is 5.60 Å². The van der Waals surface area contributed by atoms with Crippen molar-refractivity contribution in [2.75, 3.05) is 6.61 Å². The quantitative estimate of drug-likeness (QED) is 0.399. The number of carbonyl (C=O) groups is 1. The standard InChI is InChI=1S/C25H37BrO4/c1-17(20-11-12-21-18(16-26)7-6-13-24(20,21)2)9-10-19-15-25(3,23(27)29-19)30-22-8-4-5-14-28-22/h15-17,20-22H,4-14H2,1-3H3/t17-,20-,21?,22?,24-,25+/m1/s1. The van der Waals surface area contributed by atoms with Crippen molar-refractivity contribution in [1.82, 2.24) is 0 Å². The van der Waals surface area contributed by atoms with Crippen molar-refractivity contribution in [3.63, 3.8) is 0 Å². The van der Waals surface area contributed by atoms with Crippen molar-refractivity contribution < 1.29 is 19.0 Å². The molecule has 0 aromatic heterocycles. The second-order valence-corrected chi connectivity index (χ2v) is 10.8. The largest absolute Gasteiger partial charge is 0.429 e. The van der Waals surface area contributed by atoms with Crippen LogP contribution in [0.4, 0.5) is 0 Å². The third kappa shape index (κ3) is 4.31. The highest BCUT2D eigenvalue weighted by Gasteiger charge is 2.50. The summed E-state index contributed by atoms with van der Waals surface area (Å²) in [4.78, 5) is 14.7. The molecule has 6 atom stereocenters. The highest BCUT2D eigenvalue weighted by Crippen LogP contribution is 2.60. The number of ether oxygens (including phenoxy) is 3. The van der Waals surface area contributed by atoms with Crippen LogP contribution in [0.5, 0.6) is 0 Å². The molecule has 0 radical (unpaired) electrons.